The summed E-state index contributed by atoms with van der Waals surface area (Å²) in [6.07, 6.45) is 1.14. The number of ether oxygens (including phenoxy) is 2. The van der Waals surface area contributed by atoms with Crippen molar-refractivity contribution in [3.63, 3.8) is 0 Å². The van der Waals surface area contributed by atoms with Crippen LogP contribution in [0.3, 0.4) is 0 Å². The van der Waals surface area contributed by atoms with Gasteiger partial charge in [0.2, 0.25) is 0 Å². The molecule has 0 saturated carbocycles. The van der Waals surface area contributed by atoms with Crippen molar-refractivity contribution in [1.82, 2.24) is 0 Å². The molecule has 1 aromatic rings. The Labute approximate surface area is 140 Å². The van der Waals surface area contributed by atoms with E-state index in [0.29, 0.717) is 22.8 Å². The van der Waals surface area contributed by atoms with Gasteiger partial charge in [-0.25, -0.2) is 0 Å². The van der Waals surface area contributed by atoms with Crippen LogP contribution < -0.4 is 14.8 Å². The average molecular weight is 329 g/mol. The summed E-state index contributed by atoms with van der Waals surface area (Å²) in [7, 11) is 1.61. The molecule has 4 heteroatoms. The summed E-state index contributed by atoms with van der Waals surface area (Å²) in [4.78, 5) is 0. The van der Waals surface area contributed by atoms with Crippen LogP contribution in [-0.2, 0) is 6.54 Å². The highest BCUT2D eigenvalue weighted by atomic mass is 35.5. The molecule has 0 aliphatic rings. The second-order valence-electron chi connectivity index (χ2n) is 7.68. The third-order valence-electron chi connectivity index (χ3n) is 3.45. The van der Waals surface area contributed by atoms with Gasteiger partial charge in [-0.3, -0.25) is 0 Å². The van der Waals surface area contributed by atoms with Crippen LogP contribution in [0.25, 0.3) is 0 Å². The van der Waals surface area contributed by atoms with E-state index in [0.717, 1.165) is 24.3 Å². The molecule has 1 aromatic carbocycles. The molecule has 0 saturated heterocycles. The zero-order valence-corrected chi connectivity index (χ0v) is 15.8. The Hall–Kier alpha value is -0.930. The first-order chi connectivity index (χ1) is 10.1. The van der Waals surface area contributed by atoms with Crippen LogP contribution in [0.2, 0.25) is 5.02 Å². The van der Waals surface area contributed by atoms with Gasteiger partial charge in [0, 0.05) is 12.0 Å². The molecule has 0 heterocycles. The van der Waals surface area contributed by atoms with E-state index in [1.54, 1.807) is 7.11 Å². The van der Waals surface area contributed by atoms with Gasteiger partial charge in [-0.1, -0.05) is 32.4 Å². The van der Waals surface area contributed by atoms with Gasteiger partial charge in [-0.15, -0.1) is 0 Å². The lowest BCUT2D eigenvalue weighted by molar-refractivity contribution is -0.737. The number of hydrogen-bond acceptors (Lipinski definition) is 2. The Kier molecular flexibility index (Phi) is 6.57. The summed E-state index contributed by atoms with van der Waals surface area (Å²) in [5.41, 5.74) is 1.64. The minimum absolute atomic E-state index is 0.177. The molecule has 0 unspecified atom stereocenters. The van der Waals surface area contributed by atoms with Gasteiger partial charge < -0.3 is 14.8 Å². The predicted octanol–water partition coefficient (Wildman–Crippen LogP) is 4.03. The van der Waals surface area contributed by atoms with Crippen LogP contribution in [0, 0.1) is 5.41 Å². The molecule has 22 heavy (non-hydrogen) atoms. The Balaban J connectivity index is 2.86. The van der Waals surface area contributed by atoms with E-state index < -0.39 is 0 Å². The first-order valence-corrected chi connectivity index (χ1v) is 8.29. The molecule has 0 aromatic heterocycles. The normalized spacial score (nSPS) is 12.4. The van der Waals surface area contributed by atoms with E-state index in [-0.39, 0.29) is 5.54 Å². The minimum atomic E-state index is 0.177. The smallest absolute Gasteiger partial charge is 0.179 e. The third-order valence-corrected chi connectivity index (χ3v) is 3.73. The van der Waals surface area contributed by atoms with Crippen molar-refractivity contribution in [1.29, 1.82) is 0 Å². The fourth-order valence-corrected chi connectivity index (χ4v) is 3.34. The summed E-state index contributed by atoms with van der Waals surface area (Å²) < 4.78 is 11.0. The molecule has 0 atom stereocenters. The van der Waals surface area contributed by atoms with Crippen molar-refractivity contribution < 1.29 is 14.8 Å². The summed E-state index contributed by atoms with van der Waals surface area (Å²) in [5, 5.41) is 2.97. The largest absolute Gasteiger partial charge is 0.491 e. The van der Waals surface area contributed by atoms with E-state index in [9.17, 15) is 0 Å². The topological polar surface area (TPSA) is 35.1 Å². The van der Waals surface area contributed by atoms with E-state index in [1.807, 2.05) is 19.1 Å². The Bertz CT molecular complexity index is 493. The molecule has 0 radical (unpaired) electrons. The lowest BCUT2D eigenvalue weighted by atomic mass is 9.82. The second kappa shape index (κ2) is 7.56. The molecule has 126 valence electrons. The number of hydrogen-bond donors (Lipinski definition) is 1. The maximum atomic E-state index is 6.31. The van der Waals surface area contributed by atoms with E-state index in [1.165, 1.54) is 0 Å². The van der Waals surface area contributed by atoms with Crippen molar-refractivity contribution >= 4 is 11.6 Å². The number of benzene rings is 1. The Morgan fingerprint density at radius 3 is 2.27 bits per heavy atom. The number of halogens is 1. The highest BCUT2D eigenvalue weighted by Crippen LogP contribution is 2.36. The molecule has 0 spiro atoms. The standard InChI is InChI=1S/C18H30ClNO2/c1-8-22-15-10-13(9-14(19)16(15)21-7)11-20-18(5,6)12-17(2,3)4/h9-10,20H,8,11-12H2,1-7H3/p+1. The van der Waals surface area contributed by atoms with Gasteiger partial charge in [0.1, 0.15) is 6.54 Å². The summed E-state index contributed by atoms with van der Waals surface area (Å²) in [5.74, 6) is 1.33. The van der Waals surface area contributed by atoms with Crippen molar-refractivity contribution in [2.75, 3.05) is 13.7 Å². The van der Waals surface area contributed by atoms with Crippen LogP contribution in [0.5, 0.6) is 11.5 Å². The van der Waals surface area contributed by atoms with Crippen LogP contribution in [-0.4, -0.2) is 19.3 Å². The molecule has 0 bridgehead atoms. The van der Waals surface area contributed by atoms with Crippen LogP contribution in [0.1, 0.15) is 53.5 Å². The number of quaternary nitrogens is 1. The highest BCUT2D eigenvalue weighted by molar-refractivity contribution is 6.32. The monoisotopic (exact) mass is 328 g/mol. The fourth-order valence-electron chi connectivity index (χ4n) is 3.03. The minimum Gasteiger partial charge on any atom is -0.491 e. The van der Waals surface area contributed by atoms with Gasteiger partial charge >= 0.3 is 0 Å². The quantitative estimate of drug-likeness (QED) is 0.820. The van der Waals surface area contributed by atoms with Crippen LogP contribution in [0.15, 0.2) is 12.1 Å². The molecule has 2 N–H and O–H groups in total. The highest BCUT2D eigenvalue weighted by Gasteiger charge is 2.28. The molecular formula is C18H31ClNO2+. The first kappa shape index (κ1) is 19.1. The molecule has 3 nitrogen and oxygen atoms in total. The SMILES string of the molecule is CCOc1cc(C[NH2+]C(C)(C)CC(C)(C)C)cc(Cl)c1OC. The molecule has 0 aliphatic carbocycles. The van der Waals surface area contributed by atoms with Crippen LogP contribution in [0.4, 0.5) is 0 Å². The van der Waals surface area contributed by atoms with E-state index >= 15 is 0 Å². The van der Waals surface area contributed by atoms with Crippen molar-refractivity contribution in [3.8, 4) is 11.5 Å². The number of nitrogens with two attached hydrogens (primary N) is 1. The molecular weight excluding hydrogens is 298 g/mol. The second-order valence-corrected chi connectivity index (χ2v) is 8.08. The number of methoxy groups -OCH3 is 1. The van der Waals surface area contributed by atoms with E-state index in [4.69, 9.17) is 21.1 Å². The van der Waals surface area contributed by atoms with Gasteiger partial charge in [-0.2, -0.15) is 0 Å². The van der Waals surface area contributed by atoms with Gasteiger partial charge in [-0.05, 0) is 38.3 Å². The van der Waals surface area contributed by atoms with E-state index in [2.05, 4.69) is 39.9 Å². The number of rotatable bonds is 7. The zero-order valence-electron chi connectivity index (χ0n) is 15.0. The molecule has 0 aliphatic heterocycles. The van der Waals surface area contributed by atoms with Gasteiger partial charge in [0.05, 0.1) is 24.3 Å². The van der Waals surface area contributed by atoms with Gasteiger partial charge in [0.15, 0.2) is 11.5 Å². The predicted molar refractivity (Wildman–Crippen MR) is 93.0 cm³/mol. The summed E-state index contributed by atoms with van der Waals surface area (Å²) in [6, 6.07) is 3.99. The zero-order chi connectivity index (χ0) is 17.0. The lowest BCUT2D eigenvalue weighted by Crippen LogP contribution is -2.94. The molecule has 1 rings (SSSR count). The van der Waals surface area contributed by atoms with Crippen molar-refractivity contribution in [2.45, 2.75) is 60.0 Å². The molecule has 0 amide bonds. The third kappa shape index (κ3) is 6.05. The summed E-state index contributed by atoms with van der Waals surface area (Å²) in [6.45, 7) is 14.8. The van der Waals surface area contributed by atoms with Gasteiger partial charge in [0.25, 0.3) is 0 Å². The van der Waals surface area contributed by atoms with Crippen LogP contribution >= 0.6 is 11.6 Å². The maximum absolute atomic E-state index is 6.31. The molecule has 0 fully saturated rings. The maximum Gasteiger partial charge on any atom is 0.179 e. The first-order valence-electron chi connectivity index (χ1n) is 7.91. The fraction of sp³-hybridized carbons (Fsp3) is 0.667. The Morgan fingerprint density at radius 1 is 1.14 bits per heavy atom. The average Bonchev–Trinajstić information content (AvgIpc) is 2.34. The van der Waals surface area contributed by atoms with Crippen molar-refractivity contribution in [3.05, 3.63) is 22.7 Å². The lowest BCUT2D eigenvalue weighted by Gasteiger charge is -2.30. The Morgan fingerprint density at radius 2 is 1.77 bits per heavy atom. The van der Waals surface area contributed by atoms with Crippen molar-refractivity contribution in [2.24, 2.45) is 5.41 Å². The summed E-state index contributed by atoms with van der Waals surface area (Å²) >= 11 is 6.31.